The Bertz CT molecular complexity index is 939. The van der Waals surface area contributed by atoms with E-state index in [0.717, 1.165) is 43.8 Å². The third-order valence-corrected chi connectivity index (χ3v) is 6.00. The van der Waals surface area contributed by atoms with Crippen molar-refractivity contribution in [3.05, 3.63) is 41.4 Å². The number of benzene rings is 2. The number of nitrogens with one attached hydrogen (secondary N) is 2. The molecule has 4 rings (SSSR count). The minimum atomic E-state index is 0.127. The lowest BCUT2D eigenvalue weighted by atomic mass is 10.3. The number of phenols is 1. The van der Waals surface area contributed by atoms with Crippen LogP contribution in [0.2, 0.25) is 5.02 Å². The normalized spacial score (nSPS) is 16.1. The third kappa shape index (κ3) is 4.32. The van der Waals surface area contributed by atoms with Crippen molar-refractivity contribution >= 4 is 46.2 Å². The quantitative estimate of drug-likeness (QED) is 0.435. The Morgan fingerprint density at radius 1 is 1.19 bits per heavy atom. The molecule has 2 aromatic carbocycles. The molecule has 1 aromatic heterocycles. The van der Waals surface area contributed by atoms with Gasteiger partial charge in [0, 0.05) is 36.1 Å². The van der Waals surface area contributed by atoms with E-state index in [-0.39, 0.29) is 5.75 Å². The lowest BCUT2D eigenvalue weighted by Crippen LogP contribution is -2.43. The predicted molar refractivity (Wildman–Crippen MR) is 112 cm³/mol. The highest BCUT2D eigenvalue weighted by Gasteiger charge is 2.16. The van der Waals surface area contributed by atoms with Crippen LogP contribution >= 0.6 is 23.5 Å². The van der Waals surface area contributed by atoms with E-state index in [4.69, 9.17) is 11.6 Å². The summed E-state index contributed by atoms with van der Waals surface area (Å²) in [5, 5.41) is 13.6. The van der Waals surface area contributed by atoms with Crippen molar-refractivity contribution < 1.29 is 5.11 Å². The van der Waals surface area contributed by atoms with Crippen molar-refractivity contribution in [3.8, 4) is 5.75 Å². The van der Waals surface area contributed by atoms with Crippen LogP contribution in [0.4, 0.5) is 11.6 Å². The number of halogens is 1. The topological polar surface area (TPSA) is 67.4 Å². The number of fused-ring (bicyclic) bond motifs is 1. The summed E-state index contributed by atoms with van der Waals surface area (Å²) in [4.78, 5) is 11.5. The Labute approximate surface area is 167 Å². The molecule has 6 nitrogen and oxygen atoms in total. The Kier molecular flexibility index (Phi) is 5.45. The number of hydrogen-bond acceptors (Lipinski definition) is 6. The highest BCUT2D eigenvalue weighted by molar-refractivity contribution is 7.97. The van der Waals surface area contributed by atoms with Crippen molar-refractivity contribution in [2.75, 3.05) is 38.0 Å². The SMILES string of the molecule is CCN1CCN(Sc2ccc3nc(Nc4cc(Cl)ccc4O)[nH]c3c2)CC1. The van der Waals surface area contributed by atoms with Gasteiger partial charge in [0.2, 0.25) is 5.95 Å². The summed E-state index contributed by atoms with van der Waals surface area (Å²) in [7, 11) is 0. The van der Waals surface area contributed by atoms with Gasteiger partial charge in [0.15, 0.2) is 0 Å². The predicted octanol–water partition coefficient (Wildman–Crippen LogP) is 4.31. The molecule has 142 valence electrons. The first-order valence-corrected chi connectivity index (χ1v) is 10.2. The van der Waals surface area contributed by atoms with Crippen LogP contribution in [0.25, 0.3) is 11.0 Å². The molecule has 0 spiro atoms. The van der Waals surface area contributed by atoms with Gasteiger partial charge in [-0.15, -0.1) is 0 Å². The van der Waals surface area contributed by atoms with E-state index >= 15 is 0 Å². The van der Waals surface area contributed by atoms with Crippen molar-refractivity contribution in [2.24, 2.45) is 0 Å². The van der Waals surface area contributed by atoms with Crippen molar-refractivity contribution in [1.82, 2.24) is 19.2 Å². The second kappa shape index (κ2) is 7.98. The standard InChI is InChI=1S/C19H22ClN5OS/c1-2-24-7-9-25(10-8-24)27-14-4-5-15-16(12-14)22-19(21-15)23-17-11-13(20)3-6-18(17)26/h3-6,11-12,26H,2,7-10H2,1H3,(H2,21,22,23). The number of aromatic nitrogens is 2. The smallest absolute Gasteiger partial charge is 0.205 e. The number of rotatable bonds is 5. The summed E-state index contributed by atoms with van der Waals surface area (Å²) in [5.74, 6) is 0.698. The van der Waals surface area contributed by atoms with Crippen molar-refractivity contribution in [1.29, 1.82) is 0 Å². The lowest BCUT2D eigenvalue weighted by Gasteiger charge is -2.32. The van der Waals surface area contributed by atoms with Crippen molar-refractivity contribution in [2.45, 2.75) is 11.8 Å². The Morgan fingerprint density at radius 3 is 2.78 bits per heavy atom. The van der Waals surface area contributed by atoms with Gasteiger partial charge in [0.25, 0.3) is 0 Å². The van der Waals surface area contributed by atoms with Crippen LogP contribution in [0.3, 0.4) is 0 Å². The fraction of sp³-hybridized carbons (Fsp3) is 0.316. The summed E-state index contributed by atoms with van der Waals surface area (Å²) in [5.41, 5.74) is 2.35. The van der Waals surface area contributed by atoms with Gasteiger partial charge >= 0.3 is 0 Å². The van der Waals surface area contributed by atoms with E-state index < -0.39 is 0 Å². The van der Waals surface area contributed by atoms with Crippen LogP contribution in [-0.4, -0.2) is 57.0 Å². The number of likely N-dealkylation sites (N-methyl/N-ethyl adjacent to an activating group) is 1. The van der Waals surface area contributed by atoms with E-state index in [1.807, 2.05) is 6.07 Å². The summed E-state index contributed by atoms with van der Waals surface area (Å²) in [6, 6.07) is 11.1. The Morgan fingerprint density at radius 2 is 2.00 bits per heavy atom. The maximum atomic E-state index is 9.96. The molecule has 0 unspecified atom stereocenters. The van der Waals surface area contributed by atoms with E-state index in [1.165, 1.54) is 4.90 Å². The molecule has 2 heterocycles. The van der Waals surface area contributed by atoms with Gasteiger partial charge in [-0.05, 0) is 54.9 Å². The highest BCUT2D eigenvalue weighted by Crippen LogP contribution is 2.31. The molecule has 8 heteroatoms. The molecule has 3 aromatic rings. The van der Waals surface area contributed by atoms with Crippen LogP contribution in [0, 0.1) is 0 Å². The van der Waals surface area contributed by atoms with Gasteiger partial charge in [-0.25, -0.2) is 9.29 Å². The molecule has 27 heavy (non-hydrogen) atoms. The van der Waals surface area contributed by atoms with E-state index in [2.05, 4.69) is 43.5 Å². The first-order chi connectivity index (χ1) is 13.1. The molecule has 1 fully saturated rings. The van der Waals surface area contributed by atoms with E-state index in [9.17, 15) is 5.11 Å². The highest BCUT2D eigenvalue weighted by atomic mass is 35.5. The first kappa shape index (κ1) is 18.4. The number of imidazole rings is 1. The summed E-state index contributed by atoms with van der Waals surface area (Å²) >= 11 is 7.79. The van der Waals surface area contributed by atoms with Gasteiger partial charge < -0.3 is 20.3 Å². The number of H-pyrrole nitrogens is 1. The molecule has 1 aliphatic heterocycles. The van der Waals surface area contributed by atoms with Crippen LogP contribution < -0.4 is 5.32 Å². The first-order valence-electron chi connectivity index (χ1n) is 9.01. The number of aromatic hydroxyl groups is 1. The number of phenolic OH excluding ortho intramolecular Hbond substituents is 1. The fourth-order valence-corrected chi connectivity index (χ4v) is 4.24. The number of piperazine rings is 1. The Balaban J connectivity index is 1.48. The molecule has 0 amide bonds. The minimum absolute atomic E-state index is 0.127. The fourth-order valence-electron chi connectivity index (χ4n) is 3.13. The molecule has 3 N–H and O–H groups in total. The van der Waals surface area contributed by atoms with Crippen LogP contribution in [-0.2, 0) is 0 Å². The van der Waals surface area contributed by atoms with Gasteiger partial charge in [0.1, 0.15) is 5.75 Å². The number of anilines is 2. The minimum Gasteiger partial charge on any atom is -0.506 e. The second-order valence-electron chi connectivity index (χ2n) is 6.51. The zero-order chi connectivity index (χ0) is 18.8. The average Bonchev–Trinajstić information content (AvgIpc) is 3.07. The van der Waals surface area contributed by atoms with Gasteiger partial charge in [-0.1, -0.05) is 18.5 Å². The number of nitrogens with zero attached hydrogens (tertiary/aromatic N) is 3. The molecule has 0 saturated carbocycles. The second-order valence-corrected chi connectivity index (χ2v) is 8.11. The maximum absolute atomic E-state index is 9.96. The van der Waals surface area contributed by atoms with E-state index in [0.29, 0.717) is 16.7 Å². The largest absolute Gasteiger partial charge is 0.506 e. The van der Waals surface area contributed by atoms with Gasteiger partial charge in [0.05, 0.1) is 16.7 Å². The Hall–Kier alpha value is -1.93. The summed E-state index contributed by atoms with van der Waals surface area (Å²) < 4.78 is 2.41. The zero-order valence-electron chi connectivity index (χ0n) is 15.1. The molecule has 0 aliphatic carbocycles. The van der Waals surface area contributed by atoms with Crippen LogP contribution in [0.5, 0.6) is 5.75 Å². The zero-order valence-corrected chi connectivity index (χ0v) is 16.6. The van der Waals surface area contributed by atoms with Gasteiger partial charge in [-0.2, -0.15) is 0 Å². The summed E-state index contributed by atoms with van der Waals surface area (Å²) in [6.07, 6.45) is 0. The molecular weight excluding hydrogens is 382 g/mol. The third-order valence-electron chi connectivity index (χ3n) is 4.68. The average molecular weight is 404 g/mol. The molecule has 0 atom stereocenters. The van der Waals surface area contributed by atoms with Crippen LogP contribution in [0.15, 0.2) is 41.3 Å². The van der Waals surface area contributed by atoms with Crippen LogP contribution in [0.1, 0.15) is 6.92 Å². The van der Waals surface area contributed by atoms with Gasteiger partial charge in [-0.3, -0.25) is 0 Å². The molecular formula is C19H22ClN5OS. The lowest BCUT2D eigenvalue weighted by molar-refractivity contribution is 0.205. The molecule has 0 radical (unpaired) electrons. The van der Waals surface area contributed by atoms with E-state index in [1.54, 1.807) is 30.1 Å². The maximum Gasteiger partial charge on any atom is 0.205 e. The van der Waals surface area contributed by atoms with Crippen molar-refractivity contribution in [3.63, 3.8) is 0 Å². The molecule has 1 saturated heterocycles. The summed E-state index contributed by atoms with van der Waals surface area (Å²) in [6.45, 7) is 7.71. The monoisotopic (exact) mass is 403 g/mol. The number of hydrogen-bond donors (Lipinski definition) is 3. The molecule has 0 bridgehead atoms. The number of aromatic amines is 1. The molecule has 1 aliphatic rings.